The number of methoxy groups -OCH3 is 1. The molecule has 0 N–H and O–H groups in total. The fraction of sp³-hybridized carbons (Fsp3) is 0.923. The molecule has 16 heavy (non-hydrogen) atoms. The summed E-state index contributed by atoms with van der Waals surface area (Å²) in [5, 5.41) is 0. The number of ether oxygens (including phenoxy) is 2. The van der Waals surface area contributed by atoms with Crippen LogP contribution in [0.5, 0.6) is 0 Å². The van der Waals surface area contributed by atoms with E-state index in [4.69, 9.17) is 9.47 Å². The normalized spacial score (nSPS) is 10.4. The van der Waals surface area contributed by atoms with Gasteiger partial charge in [-0.1, -0.05) is 32.6 Å². The Balaban J connectivity index is 3.12. The zero-order chi connectivity index (χ0) is 12.1. The molecule has 0 unspecified atom stereocenters. The second-order valence-corrected chi connectivity index (χ2v) is 4.08. The summed E-state index contributed by atoms with van der Waals surface area (Å²) in [5.41, 5.74) is 0. The number of esters is 1. The molecule has 0 aromatic rings. The number of carbonyl (C=O) groups is 1. The van der Waals surface area contributed by atoms with Crippen LogP contribution in [0.1, 0.15) is 58.3 Å². The van der Waals surface area contributed by atoms with E-state index in [0.717, 1.165) is 38.7 Å². The van der Waals surface area contributed by atoms with Crippen molar-refractivity contribution in [2.75, 3.05) is 20.3 Å². The van der Waals surface area contributed by atoms with Crippen molar-refractivity contribution >= 4 is 5.97 Å². The number of carbonyl (C=O) groups excluding carboxylic acids is 1. The van der Waals surface area contributed by atoms with E-state index in [0.29, 0.717) is 13.0 Å². The lowest BCUT2D eigenvalue weighted by atomic mass is 10.2. The Hall–Kier alpha value is -0.570. The minimum Gasteiger partial charge on any atom is -0.466 e. The molecule has 0 amide bonds. The van der Waals surface area contributed by atoms with Gasteiger partial charge in [-0.25, -0.2) is 0 Å². The molecule has 0 rings (SSSR count). The highest BCUT2D eigenvalue weighted by Crippen LogP contribution is 2.03. The van der Waals surface area contributed by atoms with Gasteiger partial charge >= 0.3 is 5.97 Å². The number of hydrogen-bond donors (Lipinski definition) is 0. The third kappa shape index (κ3) is 11.5. The van der Waals surface area contributed by atoms with Crippen LogP contribution >= 0.6 is 0 Å². The highest BCUT2D eigenvalue weighted by Gasteiger charge is 2.01. The Morgan fingerprint density at radius 3 is 2.31 bits per heavy atom. The van der Waals surface area contributed by atoms with E-state index in [1.165, 1.54) is 12.8 Å². The van der Waals surface area contributed by atoms with E-state index >= 15 is 0 Å². The van der Waals surface area contributed by atoms with E-state index in [1.807, 2.05) is 0 Å². The Morgan fingerprint density at radius 1 is 0.938 bits per heavy atom. The summed E-state index contributed by atoms with van der Waals surface area (Å²) in [6.07, 6.45) is 8.15. The summed E-state index contributed by atoms with van der Waals surface area (Å²) < 4.78 is 10.1. The highest BCUT2D eigenvalue weighted by molar-refractivity contribution is 5.69. The van der Waals surface area contributed by atoms with Crippen LogP contribution in [0.2, 0.25) is 0 Å². The van der Waals surface area contributed by atoms with Crippen LogP contribution in [0.15, 0.2) is 0 Å². The molecule has 0 aliphatic carbocycles. The third-order valence-corrected chi connectivity index (χ3v) is 2.49. The lowest BCUT2D eigenvalue weighted by Crippen LogP contribution is -2.05. The molecular weight excluding hydrogens is 204 g/mol. The van der Waals surface area contributed by atoms with Crippen molar-refractivity contribution in [3.63, 3.8) is 0 Å². The Labute approximate surface area is 99.5 Å². The summed E-state index contributed by atoms with van der Waals surface area (Å²) in [4.78, 5) is 11.3. The molecular formula is C13H26O3. The van der Waals surface area contributed by atoms with E-state index < -0.39 is 0 Å². The SMILES string of the molecule is CCCCCCOC(=O)CCCCCOC. The zero-order valence-electron chi connectivity index (χ0n) is 10.8. The Kier molecular flexibility index (Phi) is 12.1. The van der Waals surface area contributed by atoms with Gasteiger partial charge in [-0.05, 0) is 19.3 Å². The first-order valence-corrected chi connectivity index (χ1v) is 6.45. The second-order valence-electron chi connectivity index (χ2n) is 4.08. The molecule has 0 bridgehead atoms. The van der Waals surface area contributed by atoms with Crippen LogP contribution in [0, 0.1) is 0 Å². The van der Waals surface area contributed by atoms with Gasteiger partial charge in [0.1, 0.15) is 0 Å². The topological polar surface area (TPSA) is 35.5 Å². The van der Waals surface area contributed by atoms with Gasteiger partial charge < -0.3 is 9.47 Å². The molecule has 96 valence electrons. The van der Waals surface area contributed by atoms with Crippen LogP contribution < -0.4 is 0 Å². The predicted molar refractivity (Wildman–Crippen MR) is 65.4 cm³/mol. The lowest BCUT2D eigenvalue weighted by molar-refractivity contribution is -0.143. The summed E-state index contributed by atoms with van der Waals surface area (Å²) in [5.74, 6) is -0.0473. The van der Waals surface area contributed by atoms with Gasteiger partial charge in [0.2, 0.25) is 0 Å². The molecule has 0 saturated heterocycles. The minimum atomic E-state index is -0.0473. The largest absolute Gasteiger partial charge is 0.466 e. The number of rotatable bonds is 11. The van der Waals surface area contributed by atoms with Crippen molar-refractivity contribution in [1.29, 1.82) is 0 Å². The summed E-state index contributed by atoms with van der Waals surface area (Å²) in [7, 11) is 1.70. The summed E-state index contributed by atoms with van der Waals surface area (Å²) in [6.45, 7) is 3.55. The van der Waals surface area contributed by atoms with Crippen LogP contribution in [0.3, 0.4) is 0 Å². The van der Waals surface area contributed by atoms with Crippen LogP contribution in [-0.4, -0.2) is 26.3 Å². The standard InChI is InChI=1S/C13H26O3/c1-3-4-5-9-12-16-13(14)10-7-6-8-11-15-2/h3-12H2,1-2H3. The molecule has 0 radical (unpaired) electrons. The molecule has 0 aliphatic heterocycles. The minimum absolute atomic E-state index is 0.0473. The Morgan fingerprint density at radius 2 is 1.62 bits per heavy atom. The summed E-state index contributed by atoms with van der Waals surface area (Å²) in [6, 6.07) is 0. The van der Waals surface area contributed by atoms with Gasteiger partial charge in [0.15, 0.2) is 0 Å². The van der Waals surface area contributed by atoms with Crippen LogP contribution in [0.4, 0.5) is 0 Å². The van der Waals surface area contributed by atoms with Gasteiger partial charge in [0.05, 0.1) is 6.61 Å². The molecule has 0 fully saturated rings. The average Bonchev–Trinajstić information content (AvgIpc) is 2.28. The van der Waals surface area contributed by atoms with Gasteiger partial charge in [-0.15, -0.1) is 0 Å². The number of hydrogen-bond acceptors (Lipinski definition) is 3. The lowest BCUT2D eigenvalue weighted by Gasteiger charge is -2.04. The van der Waals surface area contributed by atoms with Gasteiger partial charge in [0, 0.05) is 20.1 Å². The maximum absolute atomic E-state index is 11.3. The first kappa shape index (κ1) is 15.4. The van der Waals surface area contributed by atoms with Crippen LogP contribution in [-0.2, 0) is 14.3 Å². The smallest absolute Gasteiger partial charge is 0.305 e. The fourth-order valence-electron chi connectivity index (χ4n) is 1.48. The average molecular weight is 230 g/mol. The maximum atomic E-state index is 11.3. The number of unbranched alkanes of at least 4 members (excludes halogenated alkanes) is 5. The van der Waals surface area contributed by atoms with Crippen molar-refractivity contribution < 1.29 is 14.3 Å². The molecule has 0 heterocycles. The monoisotopic (exact) mass is 230 g/mol. The third-order valence-electron chi connectivity index (χ3n) is 2.49. The van der Waals surface area contributed by atoms with Gasteiger partial charge in [0.25, 0.3) is 0 Å². The van der Waals surface area contributed by atoms with Crippen molar-refractivity contribution in [2.45, 2.75) is 58.3 Å². The van der Waals surface area contributed by atoms with Crippen molar-refractivity contribution in [2.24, 2.45) is 0 Å². The molecule has 0 spiro atoms. The van der Waals surface area contributed by atoms with Crippen molar-refractivity contribution in [3.05, 3.63) is 0 Å². The first-order valence-electron chi connectivity index (χ1n) is 6.45. The van der Waals surface area contributed by atoms with E-state index in [1.54, 1.807) is 7.11 Å². The quantitative estimate of drug-likeness (QED) is 0.403. The van der Waals surface area contributed by atoms with Crippen LogP contribution in [0.25, 0.3) is 0 Å². The van der Waals surface area contributed by atoms with Crippen molar-refractivity contribution in [1.82, 2.24) is 0 Å². The molecule has 3 heteroatoms. The molecule has 3 nitrogen and oxygen atoms in total. The van der Waals surface area contributed by atoms with E-state index in [-0.39, 0.29) is 5.97 Å². The highest BCUT2D eigenvalue weighted by atomic mass is 16.5. The fourth-order valence-corrected chi connectivity index (χ4v) is 1.48. The molecule has 0 atom stereocenters. The predicted octanol–water partition coefficient (Wildman–Crippen LogP) is 3.32. The van der Waals surface area contributed by atoms with Gasteiger partial charge in [-0.3, -0.25) is 4.79 Å². The molecule has 0 aliphatic rings. The maximum Gasteiger partial charge on any atom is 0.305 e. The van der Waals surface area contributed by atoms with Gasteiger partial charge in [-0.2, -0.15) is 0 Å². The first-order chi connectivity index (χ1) is 7.81. The molecule has 0 saturated carbocycles. The summed E-state index contributed by atoms with van der Waals surface area (Å²) >= 11 is 0. The second kappa shape index (κ2) is 12.5. The molecule has 0 aromatic carbocycles. The zero-order valence-corrected chi connectivity index (χ0v) is 10.8. The Bertz CT molecular complexity index is 141. The van der Waals surface area contributed by atoms with E-state index in [9.17, 15) is 4.79 Å². The van der Waals surface area contributed by atoms with E-state index in [2.05, 4.69) is 6.92 Å². The molecule has 0 aromatic heterocycles. The van der Waals surface area contributed by atoms with Crippen molar-refractivity contribution in [3.8, 4) is 0 Å².